The lowest BCUT2D eigenvalue weighted by molar-refractivity contribution is 0.590. The highest BCUT2D eigenvalue weighted by Gasteiger charge is 2.46. The van der Waals surface area contributed by atoms with E-state index in [1.807, 2.05) is 0 Å². The zero-order chi connectivity index (χ0) is 58.6. The molecule has 86 heavy (non-hydrogen) atoms. The fraction of sp³-hybridized carbons (Fsp3) is 0.122. The van der Waals surface area contributed by atoms with Crippen LogP contribution in [0.5, 0.6) is 0 Å². The van der Waals surface area contributed by atoms with Gasteiger partial charge in [-0.1, -0.05) is 229 Å². The van der Waals surface area contributed by atoms with E-state index >= 15 is 0 Å². The molecule has 0 aromatic heterocycles. The molecule has 414 valence electrons. The van der Waals surface area contributed by atoms with Crippen molar-refractivity contribution in [1.82, 2.24) is 0 Å². The molecule has 0 atom stereocenters. The third kappa shape index (κ3) is 8.72. The minimum atomic E-state index is -0.249. The smallest absolute Gasteiger partial charge is 0.333 e. The normalized spacial score (nSPS) is 13.4. The van der Waals surface area contributed by atoms with Gasteiger partial charge in [-0.3, -0.25) is 0 Å². The molecule has 0 saturated carbocycles. The molecule has 0 bridgehead atoms. The van der Waals surface area contributed by atoms with E-state index in [9.17, 15) is 0 Å². The van der Waals surface area contributed by atoms with Crippen LogP contribution in [0.15, 0.2) is 267 Å². The number of fused-ring (bicyclic) bond motifs is 7. The van der Waals surface area contributed by atoms with Crippen LogP contribution in [0, 0.1) is 20.8 Å². The summed E-state index contributed by atoms with van der Waals surface area (Å²) in [5.74, 6) is 0. The first-order chi connectivity index (χ1) is 41.8. The van der Waals surface area contributed by atoms with Gasteiger partial charge in [-0.2, -0.15) is 0 Å². The average molecular weight is 1110 g/mol. The Balaban J connectivity index is 1.04. The van der Waals surface area contributed by atoms with Gasteiger partial charge in [0.2, 0.25) is 0 Å². The SMILES string of the molecule is Cc1ccc(-c2ccccc2)cc1N1c2ccc(-c3ccccc3)cc2B2c3c(cc(-c4c(C)cccc4C)cc31)-c1ccc(N(c3cccc(C(C)(C)C)c3)c3ccc4c(c3)-c3ccccc3C4(C)C)cc1N2c1ccc(-c2ccccc2)cc1. The minimum Gasteiger partial charge on any atom is -0.376 e. The van der Waals surface area contributed by atoms with Gasteiger partial charge < -0.3 is 14.6 Å². The molecule has 1 aliphatic carbocycles. The molecule has 0 unspecified atom stereocenters. The zero-order valence-electron chi connectivity index (χ0n) is 50.3. The second kappa shape index (κ2) is 20.4. The summed E-state index contributed by atoms with van der Waals surface area (Å²) < 4.78 is 0. The van der Waals surface area contributed by atoms with Gasteiger partial charge in [0.05, 0.1) is 0 Å². The van der Waals surface area contributed by atoms with Gasteiger partial charge in [0.15, 0.2) is 0 Å². The van der Waals surface area contributed by atoms with Gasteiger partial charge in [-0.05, 0) is 204 Å². The van der Waals surface area contributed by atoms with Crippen LogP contribution in [0.2, 0.25) is 0 Å². The summed E-state index contributed by atoms with van der Waals surface area (Å²) in [7, 11) is 0. The largest absolute Gasteiger partial charge is 0.376 e. The second-order valence-electron chi connectivity index (χ2n) is 25.5. The number of rotatable bonds is 9. The molecule has 0 N–H and O–H groups in total. The highest BCUT2D eigenvalue weighted by molar-refractivity contribution is 6.93. The van der Waals surface area contributed by atoms with Gasteiger partial charge >= 0.3 is 6.85 Å². The van der Waals surface area contributed by atoms with Crippen LogP contribution in [0.3, 0.4) is 0 Å². The number of nitrogens with zero attached hydrogens (tertiary/aromatic N) is 3. The summed E-state index contributed by atoms with van der Waals surface area (Å²) in [6.07, 6.45) is 0. The van der Waals surface area contributed by atoms with Crippen molar-refractivity contribution in [3.8, 4) is 66.8 Å². The molecule has 2 heterocycles. The van der Waals surface area contributed by atoms with E-state index in [1.165, 1.54) is 117 Å². The van der Waals surface area contributed by atoms with Gasteiger partial charge in [0.25, 0.3) is 0 Å². The number of anilines is 8. The second-order valence-corrected chi connectivity index (χ2v) is 25.5. The van der Waals surface area contributed by atoms with Gasteiger partial charge in [0, 0.05) is 56.5 Å². The van der Waals surface area contributed by atoms with Gasteiger partial charge in [-0.25, -0.2) is 0 Å². The zero-order valence-corrected chi connectivity index (χ0v) is 50.3. The Hall–Kier alpha value is -9.90. The van der Waals surface area contributed by atoms with Crippen LogP contribution in [0.25, 0.3) is 66.8 Å². The molecule has 12 aromatic carbocycles. The molecule has 4 heteroatoms. The van der Waals surface area contributed by atoms with E-state index in [1.54, 1.807) is 0 Å². The molecular weight excluding hydrogens is 1040 g/mol. The number of benzene rings is 12. The monoisotopic (exact) mass is 1110 g/mol. The third-order valence-corrected chi connectivity index (χ3v) is 18.8. The van der Waals surface area contributed by atoms with Crippen molar-refractivity contribution in [3.63, 3.8) is 0 Å². The molecule has 0 fully saturated rings. The topological polar surface area (TPSA) is 9.72 Å². The molecule has 3 aliphatic rings. The van der Waals surface area contributed by atoms with Crippen LogP contribution >= 0.6 is 0 Å². The highest BCUT2D eigenvalue weighted by atomic mass is 15.2. The fourth-order valence-corrected chi connectivity index (χ4v) is 14.4. The van der Waals surface area contributed by atoms with Gasteiger partial charge in [0.1, 0.15) is 0 Å². The van der Waals surface area contributed by atoms with Gasteiger partial charge in [-0.15, -0.1) is 0 Å². The van der Waals surface area contributed by atoms with Crippen LogP contribution < -0.4 is 25.5 Å². The Kier molecular flexibility index (Phi) is 12.6. The Labute approximate surface area is 508 Å². The van der Waals surface area contributed by atoms with E-state index in [0.717, 1.165) is 39.8 Å². The fourth-order valence-electron chi connectivity index (χ4n) is 14.4. The highest BCUT2D eigenvalue weighted by Crippen LogP contribution is 2.54. The predicted octanol–water partition coefficient (Wildman–Crippen LogP) is 21.1. The van der Waals surface area contributed by atoms with Crippen molar-refractivity contribution in [3.05, 3.63) is 300 Å². The number of aryl methyl sites for hydroxylation is 3. The van der Waals surface area contributed by atoms with Crippen molar-refractivity contribution in [1.29, 1.82) is 0 Å². The van der Waals surface area contributed by atoms with E-state index in [0.29, 0.717) is 0 Å². The van der Waals surface area contributed by atoms with Crippen LogP contribution in [0.4, 0.5) is 45.5 Å². The first-order valence-corrected chi connectivity index (χ1v) is 30.4. The molecular formula is C82H68BN3. The lowest BCUT2D eigenvalue weighted by Gasteiger charge is -2.46. The number of hydrogen-bond acceptors (Lipinski definition) is 3. The minimum absolute atomic E-state index is 0.0714. The quantitative estimate of drug-likeness (QED) is 0.133. The summed E-state index contributed by atoms with van der Waals surface area (Å²) in [5.41, 5.74) is 33.8. The Morgan fingerprint density at radius 3 is 1.62 bits per heavy atom. The maximum absolute atomic E-state index is 2.68. The molecule has 2 aliphatic heterocycles. The molecule has 0 saturated heterocycles. The molecule has 0 spiro atoms. The molecule has 12 aromatic rings. The van der Waals surface area contributed by atoms with Crippen LogP contribution in [0.1, 0.15) is 68.0 Å². The summed E-state index contributed by atoms with van der Waals surface area (Å²) in [5, 5.41) is 0. The van der Waals surface area contributed by atoms with Crippen molar-refractivity contribution >= 4 is 63.3 Å². The number of hydrogen-bond donors (Lipinski definition) is 0. The van der Waals surface area contributed by atoms with Crippen molar-refractivity contribution in [2.24, 2.45) is 0 Å². The molecule has 0 amide bonds. The Morgan fingerprint density at radius 2 is 0.919 bits per heavy atom. The summed E-state index contributed by atoms with van der Waals surface area (Å²) in [6.45, 7) is 18.3. The lowest BCUT2D eigenvalue weighted by atomic mass is 9.43. The van der Waals surface area contributed by atoms with Crippen molar-refractivity contribution in [2.75, 3.05) is 14.6 Å². The maximum Gasteiger partial charge on any atom is 0.333 e. The Morgan fingerprint density at radius 1 is 0.360 bits per heavy atom. The van der Waals surface area contributed by atoms with Crippen molar-refractivity contribution < 1.29 is 0 Å². The van der Waals surface area contributed by atoms with Crippen LogP contribution in [-0.2, 0) is 10.8 Å². The van der Waals surface area contributed by atoms with Crippen molar-refractivity contribution in [2.45, 2.75) is 66.2 Å². The predicted molar refractivity (Wildman–Crippen MR) is 367 cm³/mol. The van der Waals surface area contributed by atoms with E-state index in [-0.39, 0.29) is 17.7 Å². The van der Waals surface area contributed by atoms with E-state index in [2.05, 4.69) is 337 Å². The van der Waals surface area contributed by atoms with E-state index < -0.39 is 0 Å². The molecule has 3 nitrogen and oxygen atoms in total. The molecule has 0 radical (unpaired) electrons. The average Bonchev–Trinajstić information content (AvgIpc) is 0.944. The standard InChI is InChI=1S/C82H68BN3/c1-53-34-35-61(58-28-16-11-17-29-58)48-76(53)85-75-45-38-60(57-26-14-10-15-27-57)47-74(75)83-80-71(46-62(49-78(80)85)79-54(2)22-20-23-55(79)3)69-43-41-67(52-77(69)86(83)64-39-36-59(37-40-64)56-24-12-9-13-25-56)84(65-31-21-30-63(50-65)81(4,5)6)66-42-44-73-70(51-66)68-32-18-19-33-72(68)82(73,7)8/h9-52H,1-8H3. The van der Waals surface area contributed by atoms with E-state index in [4.69, 9.17) is 0 Å². The summed E-state index contributed by atoms with van der Waals surface area (Å²) in [6, 6.07) is 101. The third-order valence-electron chi connectivity index (χ3n) is 18.8. The first kappa shape index (κ1) is 52.9. The summed E-state index contributed by atoms with van der Waals surface area (Å²) in [4.78, 5) is 7.80. The maximum atomic E-state index is 2.68. The lowest BCUT2D eigenvalue weighted by Crippen LogP contribution is -2.61. The van der Waals surface area contributed by atoms with Crippen LogP contribution in [-0.4, -0.2) is 6.85 Å². The first-order valence-electron chi connectivity index (χ1n) is 30.4. The Bertz CT molecular complexity index is 4610. The summed E-state index contributed by atoms with van der Waals surface area (Å²) >= 11 is 0. The molecule has 15 rings (SSSR count).